The van der Waals surface area contributed by atoms with Crippen LogP contribution in [0.4, 0.5) is 0 Å². The molecule has 13 heavy (non-hydrogen) atoms. The van der Waals surface area contributed by atoms with Gasteiger partial charge in [0.1, 0.15) is 9.52 Å². The lowest BCUT2D eigenvalue weighted by atomic mass is 10.3. The fraction of sp³-hybridized carbons (Fsp3) is 0.111. The van der Waals surface area contributed by atoms with E-state index < -0.39 is 9.52 Å². The summed E-state index contributed by atoms with van der Waals surface area (Å²) in [6.07, 6.45) is 0. The maximum absolute atomic E-state index is 5.77. The molecular weight excluding hydrogens is 239 g/mol. The number of hydrogen-bond acceptors (Lipinski definition) is 1. The molecule has 0 saturated carbocycles. The van der Waals surface area contributed by atoms with Gasteiger partial charge in [0.25, 0.3) is 0 Å². The molecule has 0 saturated heterocycles. The molecule has 2 rings (SSSR count). The average molecular weight is 247 g/mol. The second-order valence-electron chi connectivity index (χ2n) is 2.85. The van der Waals surface area contributed by atoms with Gasteiger partial charge in [-0.25, -0.2) is 0 Å². The first-order valence-electron chi connectivity index (χ1n) is 4.01. The topological polar surface area (TPSA) is 0 Å². The van der Waals surface area contributed by atoms with Crippen molar-refractivity contribution in [2.75, 3.05) is 0 Å². The van der Waals surface area contributed by atoms with Crippen LogP contribution in [0.1, 0.15) is 0 Å². The van der Waals surface area contributed by atoms with Crippen LogP contribution >= 0.6 is 34.5 Å². The Kier molecular flexibility index (Phi) is 2.94. The van der Waals surface area contributed by atoms with Gasteiger partial charge < -0.3 is 0 Å². The molecule has 1 aromatic heterocycles. The third-order valence-electron chi connectivity index (χ3n) is 1.83. The van der Waals surface area contributed by atoms with Gasteiger partial charge in [-0.05, 0) is 22.0 Å². The summed E-state index contributed by atoms with van der Waals surface area (Å²) in [4.78, 5) is 0. The zero-order valence-corrected chi connectivity index (χ0v) is 10.6. The van der Waals surface area contributed by atoms with Crippen molar-refractivity contribution in [3.8, 4) is 0 Å². The van der Waals surface area contributed by atoms with Crippen LogP contribution in [0.15, 0.2) is 30.3 Å². The first-order chi connectivity index (χ1) is 6.25. The summed E-state index contributed by atoms with van der Waals surface area (Å²) in [6.45, 7) is 0. The average Bonchev–Trinajstić information content (AvgIpc) is 2.44. The molecule has 2 aromatic rings. The number of alkyl halides is 2. The smallest absolute Gasteiger partial charge is 0.107 e. The van der Waals surface area contributed by atoms with Gasteiger partial charge in [0.05, 0.1) is 4.46 Å². The van der Waals surface area contributed by atoms with E-state index in [4.69, 9.17) is 23.2 Å². The summed E-state index contributed by atoms with van der Waals surface area (Å²) in [5.74, 6) is 0. The summed E-state index contributed by atoms with van der Waals surface area (Å²) < 4.78 is 2.56. The minimum Gasteiger partial charge on any atom is -0.146 e. The van der Waals surface area contributed by atoms with E-state index >= 15 is 0 Å². The van der Waals surface area contributed by atoms with Gasteiger partial charge in [-0.1, -0.05) is 18.2 Å². The maximum Gasteiger partial charge on any atom is 0.107 e. The van der Waals surface area contributed by atoms with E-state index in [-0.39, 0.29) is 4.46 Å². The number of halogens is 2. The quantitative estimate of drug-likeness (QED) is 0.565. The van der Waals surface area contributed by atoms with Crippen molar-refractivity contribution in [1.29, 1.82) is 0 Å². The van der Waals surface area contributed by atoms with Crippen LogP contribution < -0.4 is 4.50 Å². The number of rotatable bonds is 2. The summed E-state index contributed by atoms with van der Waals surface area (Å²) in [6, 6.07) is 10.6. The summed E-state index contributed by atoms with van der Waals surface area (Å²) >= 11 is 13.4. The molecule has 0 aliphatic heterocycles. The molecule has 0 unspecified atom stereocenters. The van der Waals surface area contributed by atoms with E-state index in [1.54, 1.807) is 0 Å². The standard InChI is InChI=1S/C9H8Cl2SSi/c10-9(11)13-8-5-6-3-1-2-4-7(6)12-8/h1-5,9H,13H2. The van der Waals surface area contributed by atoms with Crippen LogP contribution in [0.3, 0.4) is 0 Å². The van der Waals surface area contributed by atoms with E-state index in [0.717, 1.165) is 0 Å². The van der Waals surface area contributed by atoms with Gasteiger partial charge in [-0.3, -0.25) is 0 Å². The van der Waals surface area contributed by atoms with E-state index in [9.17, 15) is 0 Å². The minimum atomic E-state index is -0.486. The van der Waals surface area contributed by atoms with Crippen LogP contribution in [0.2, 0.25) is 0 Å². The third-order valence-corrected chi connectivity index (χ3v) is 5.58. The Hall–Kier alpha value is -0.0231. The van der Waals surface area contributed by atoms with Crippen molar-refractivity contribution in [3.05, 3.63) is 30.3 Å². The van der Waals surface area contributed by atoms with Gasteiger partial charge in [0.15, 0.2) is 0 Å². The Bertz CT molecular complexity index is 378. The van der Waals surface area contributed by atoms with Crippen molar-refractivity contribution >= 4 is 58.6 Å². The van der Waals surface area contributed by atoms with Crippen LogP contribution in [-0.4, -0.2) is 14.0 Å². The molecule has 4 heteroatoms. The molecule has 0 fully saturated rings. The van der Waals surface area contributed by atoms with E-state index in [1.807, 2.05) is 11.3 Å². The molecule has 0 N–H and O–H groups in total. The Morgan fingerprint density at radius 1 is 1.23 bits per heavy atom. The van der Waals surface area contributed by atoms with Gasteiger partial charge in [0.2, 0.25) is 0 Å². The minimum absolute atomic E-state index is 0.159. The SMILES string of the molecule is ClC(Cl)[SiH2]c1cc2ccccc2s1. The zero-order valence-electron chi connectivity index (χ0n) is 6.84. The molecule has 0 bridgehead atoms. The Morgan fingerprint density at radius 3 is 2.69 bits per heavy atom. The van der Waals surface area contributed by atoms with Crippen LogP contribution in [0, 0.1) is 0 Å². The molecule has 68 valence electrons. The lowest BCUT2D eigenvalue weighted by Crippen LogP contribution is -2.15. The largest absolute Gasteiger partial charge is 0.146 e. The van der Waals surface area contributed by atoms with Crippen LogP contribution in [0.5, 0.6) is 0 Å². The Labute approximate surface area is 93.3 Å². The molecule has 1 aromatic carbocycles. The molecule has 0 spiro atoms. The number of hydrogen-bond donors (Lipinski definition) is 0. The van der Waals surface area contributed by atoms with Crippen molar-refractivity contribution in [2.24, 2.45) is 0 Å². The lowest BCUT2D eigenvalue weighted by molar-refractivity contribution is 1.85. The monoisotopic (exact) mass is 246 g/mol. The van der Waals surface area contributed by atoms with Gasteiger partial charge in [-0.15, -0.1) is 34.5 Å². The Morgan fingerprint density at radius 2 is 2.00 bits per heavy atom. The first kappa shape index (κ1) is 9.53. The summed E-state index contributed by atoms with van der Waals surface area (Å²) in [5.41, 5.74) is 0. The molecule has 1 heterocycles. The third kappa shape index (κ3) is 2.26. The maximum atomic E-state index is 5.77. The fourth-order valence-corrected chi connectivity index (χ4v) is 5.64. The highest BCUT2D eigenvalue weighted by Gasteiger charge is 2.05. The van der Waals surface area contributed by atoms with Crippen LogP contribution in [0.25, 0.3) is 10.1 Å². The summed E-state index contributed by atoms with van der Waals surface area (Å²) in [5, 5.41) is 1.31. The highest BCUT2D eigenvalue weighted by molar-refractivity contribution is 7.28. The van der Waals surface area contributed by atoms with Gasteiger partial charge in [-0.2, -0.15) is 0 Å². The van der Waals surface area contributed by atoms with Crippen LogP contribution in [-0.2, 0) is 0 Å². The van der Waals surface area contributed by atoms with E-state index in [0.29, 0.717) is 0 Å². The molecule has 0 nitrogen and oxygen atoms in total. The Balaban J connectivity index is 2.38. The van der Waals surface area contributed by atoms with Gasteiger partial charge >= 0.3 is 0 Å². The predicted molar refractivity (Wildman–Crippen MR) is 65.5 cm³/mol. The molecule has 0 aliphatic rings. The summed E-state index contributed by atoms with van der Waals surface area (Å²) in [7, 11) is -0.486. The van der Waals surface area contributed by atoms with Crippen molar-refractivity contribution in [3.63, 3.8) is 0 Å². The van der Waals surface area contributed by atoms with E-state index in [1.165, 1.54) is 14.6 Å². The van der Waals surface area contributed by atoms with Crippen molar-refractivity contribution in [1.82, 2.24) is 0 Å². The number of fused-ring (bicyclic) bond motifs is 1. The fourth-order valence-electron chi connectivity index (χ4n) is 1.29. The number of benzene rings is 1. The molecule has 0 aliphatic carbocycles. The second-order valence-corrected chi connectivity index (χ2v) is 8.83. The highest BCUT2D eigenvalue weighted by Crippen LogP contribution is 2.18. The van der Waals surface area contributed by atoms with Gasteiger partial charge in [0, 0.05) is 4.70 Å². The van der Waals surface area contributed by atoms with Crippen molar-refractivity contribution in [2.45, 2.75) is 4.46 Å². The predicted octanol–water partition coefficient (Wildman–Crippen LogP) is 2.46. The zero-order chi connectivity index (χ0) is 9.26. The van der Waals surface area contributed by atoms with Crippen molar-refractivity contribution < 1.29 is 0 Å². The normalized spacial score (nSPS) is 12.2. The molecular formula is C9H8Cl2SSi. The number of thiophene rings is 1. The second kappa shape index (κ2) is 4.01. The molecule has 0 radical (unpaired) electrons. The lowest BCUT2D eigenvalue weighted by Gasteiger charge is -1.93. The van der Waals surface area contributed by atoms with E-state index in [2.05, 4.69) is 30.3 Å². The molecule has 0 atom stereocenters. The first-order valence-corrected chi connectivity index (χ1v) is 7.22. The molecule has 0 amide bonds. The highest BCUT2D eigenvalue weighted by atomic mass is 35.5.